The molecule has 98 valence electrons. The first-order valence-corrected chi connectivity index (χ1v) is 4.79. The topological polar surface area (TPSA) is 9.23 Å². The Hall–Kier alpha value is -0.460. The van der Waals surface area contributed by atoms with Gasteiger partial charge in [-0.1, -0.05) is 13.8 Å². The van der Waals surface area contributed by atoms with Gasteiger partial charge < -0.3 is 0 Å². The third-order valence-electron chi connectivity index (χ3n) is 2.26. The highest BCUT2D eigenvalue weighted by atomic mass is 19.3. The lowest BCUT2D eigenvalue weighted by atomic mass is 10.0. The van der Waals surface area contributed by atoms with Crippen LogP contribution in [-0.2, 0) is 4.74 Å². The van der Waals surface area contributed by atoms with Gasteiger partial charge in [-0.05, 0) is 19.8 Å². The normalized spacial score (nSPS) is 19.3. The zero-order valence-electron chi connectivity index (χ0n) is 9.17. The van der Waals surface area contributed by atoms with E-state index in [1.165, 1.54) is 0 Å². The molecule has 0 aliphatic carbocycles. The molecule has 0 radical (unpaired) electrons. The van der Waals surface area contributed by atoms with Gasteiger partial charge in [-0.25, -0.2) is 8.78 Å². The van der Waals surface area contributed by atoms with Crippen LogP contribution in [0.2, 0.25) is 0 Å². The molecule has 0 aliphatic rings. The lowest BCUT2D eigenvalue weighted by Crippen LogP contribution is -2.50. The minimum atomic E-state index is -4.75. The van der Waals surface area contributed by atoms with E-state index in [2.05, 4.69) is 4.74 Å². The molecular formula is C9H14F6O. The van der Waals surface area contributed by atoms with Crippen LogP contribution < -0.4 is 0 Å². The van der Waals surface area contributed by atoms with Crippen LogP contribution in [0.25, 0.3) is 0 Å². The molecular weight excluding hydrogens is 238 g/mol. The summed E-state index contributed by atoms with van der Waals surface area (Å²) in [4.78, 5) is 0. The van der Waals surface area contributed by atoms with E-state index in [4.69, 9.17) is 0 Å². The average Bonchev–Trinajstić information content (AvgIpc) is 2.14. The van der Waals surface area contributed by atoms with Crippen molar-refractivity contribution >= 4 is 0 Å². The first kappa shape index (κ1) is 15.5. The molecule has 2 atom stereocenters. The van der Waals surface area contributed by atoms with Crippen molar-refractivity contribution in [1.82, 2.24) is 0 Å². The van der Waals surface area contributed by atoms with Gasteiger partial charge in [0.15, 0.2) is 11.8 Å². The highest BCUT2D eigenvalue weighted by molar-refractivity contribution is 4.83. The lowest BCUT2D eigenvalue weighted by Gasteiger charge is -2.32. The minimum Gasteiger partial charge on any atom is -0.250 e. The Kier molecular flexibility index (Phi) is 4.67. The van der Waals surface area contributed by atoms with Crippen LogP contribution in [0.4, 0.5) is 26.3 Å². The van der Waals surface area contributed by atoms with Crippen molar-refractivity contribution in [2.45, 2.75) is 57.7 Å². The zero-order valence-corrected chi connectivity index (χ0v) is 9.17. The third kappa shape index (κ3) is 3.26. The number of rotatable bonds is 6. The summed E-state index contributed by atoms with van der Waals surface area (Å²) < 4.78 is 80.2. The maximum Gasteiger partial charge on any atom is 0.393 e. The minimum absolute atomic E-state index is 0.419. The van der Waals surface area contributed by atoms with Crippen molar-refractivity contribution in [2.75, 3.05) is 0 Å². The summed E-state index contributed by atoms with van der Waals surface area (Å²) >= 11 is 0. The summed E-state index contributed by atoms with van der Waals surface area (Å²) in [5, 5.41) is 0. The molecule has 0 aliphatic heterocycles. The predicted octanol–water partition coefficient (Wildman–Crippen LogP) is 4.07. The molecule has 0 aromatic heterocycles. The number of hydrogen-bond donors (Lipinski definition) is 0. The van der Waals surface area contributed by atoms with Gasteiger partial charge in [0.2, 0.25) is 0 Å². The van der Waals surface area contributed by atoms with E-state index in [1.54, 1.807) is 0 Å². The fourth-order valence-corrected chi connectivity index (χ4v) is 0.785. The molecule has 7 heteroatoms. The largest absolute Gasteiger partial charge is 0.393 e. The van der Waals surface area contributed by atoms with E-state index in [1.807, 2.05) is 0 Å². The molecule has 0 aromatic carbocycles. The Morgan fingerprint density at radius 2 is 1.50 bits per heavy atom. The van der Waals surface area contributed by atoms with Crippen molar-refractivity contribution in [3.63, 3.8) is 0 Å². The molecule has 0 saturated carbocycles. The summed E-state index contributed by atoms with van der Waals surface area (Å²) in [5.74, 6) is 0. The molecule has 0 saturated heterocycles. The van der Waals surface area contributed by atoms with E-state index in [0.717, 1.165) is 13.8 Å². The number of ether oxygens (including phenoxy) is 1. The molecule has 0 heterocycles. The molecule has 0 spiro atoms. The van der Waals surface area contributed by atoms with Gasteiger partial charge in [0.05, 0.1) is 0 Å². The van der Waals surface area contributed by atoms with E-state index in [-0.39, 0.29) is 0 Å². The second-order valence-corrected chi connectivity index (χ2v) is 3.61. The van der Waals surface area contributed by atoms with E-state index < -0.39 is 36.9 Å². The summed E-state index contributed by atoms with van der Waals surface area (Å²) in [5.41, 5.74) is -3.27. The molecule has 16 heavy (non-hydrogen) atoms. The van der Waals surface area contributed by atoms with Gasteiger partial charge in [-0.2, -0.15) is 17.6 Å². The van der Waals surface area contributed by atoms with Crippen LogP contribution in [0.3, 0.4) is 0 Å². The van der Waals surface area contributed by atoms with Crippen LogP contribution in [0.15, 0.2) is 0 Å². The second-order valence-electron chi connectivity index (χ2n) is 3.61. The van der Waals surface area contributed by atoms with Crippen molar-refractivity contribution in [1.29, 1.82) is 0 Å². The molecule has 0 aromatic rings. The van der Waals surface area contributed by atoms with Gasteiger partial charge in [-0.3, -0.25) is 4.74 Å². The first-order valence-electron chi connectivity index (χ1n) is 4.79. The number of alkyl halides is 6. The van der Waals surface area contributed by atoms with Gasteiger partial charge >= 0.3 is 12.2 Å². The lowest BCUT2D eigenvalue weighted by molar-refractivity contribution is -0.421. The fraction of sp³-hybridized carbons (Fsp3) is 1.00. The Labute approximate surface area is 89.8 Å². The standard InChI is InChI=1S/C9H14F6O/c1-4-6(10)8(12,13)16-9(14,15)7(3,11)5-2/h6H,4-5H2,1-3H3. The van der Waals surface area contributed by atoms with Crippen LogP contribution in [0, 0.1) is 0 Å². The summed E-state index contributed by atoms with van der Waals surface area (Å²) in [7, 11) is 0. The molecule has 0 fully saturated rings. The Morgan fingerprint density at radius 1 is 1.06 bits per heavy atom. The highest BCUT2D eigenvalue weighted by Gasteiger charge is 2.59. The molecule has 2 unspecified atom stereocenters. The van der Waals surface area contributed by atoms with E-state index in [9.17, 15) is 26.3 Å². The Morgan fingerprint density at radius 3 is 1.81 bits per heavy atom. The van der Waals surface area contributed by atoms with Crippen molar-refractivity contribution in [3.05, 3.63) is 0 Å². The quantitative estimate of drug-likeness (QED) is 0.647. The first-order chi connectivity index (χ1) is 7.00. The summed E-state index contributed by atoms with van der Waals surface area (Å²) in [6.07, 6.45) is -13.8. The molecule has 1 nitrogen and oxygen atoms in total. The monoisotopic (exact) mass is 252 g/mol. The van der Waals surface area contributed by atoms with E-state index in [0.29, 0.717) is 6.92 Å². The van der Waals surface area contributed by atoms with Crippen LogP contribution in [-0.4, -0.2) is 24.1 Å². The fourth-order valence-electron chi connectivity index (χ4n) is 0.785. The number of hydrogen-bond acceptors (Lipinski definition) is 1. The number of halogens is 6. The SMILES string of the molecule is CCC(F)C(F)(F)OC(F)(F)C(C)(F)CC. The van der Waals surface area contributed by atoms with E-state index >= 15 is 0 Å². The molecule has 0 bridgehead atoms. The van der Waals surface area contributed by atoms with Gasteiger partial charge in [0.1, 0.15) is 0 Å². The van der Waals surface area contributed by atoms with Crippen LogP contribution in [0.5, 0.6) is 0 Å². The van der Waals surface area contributed by atoms with Gasteiger partial charge in [-0.15, -0.1) is 0 Å². The summed E-state index contributed by atoms with van der Waals surface area (Å²) in [6, 6.07) is 0. The van der Waals surface area contributed by atoms with Gasteiger partial charge in [0, 0.05) is 0 Å². The molecule has 0 N–H and O–H groups in total. The Bertz CT molecular complexity index is 228. The highest BCUT2D eigenvalue weighted by Crippen LogP contribution is 2.41. The molecule has 0 rings (SSSR count). The average molecular weight is 252 g/mol. The smallest absolute Gasteiger partial charge is 0.250 e. The second kappa shape index (κ2) is 4.81. The molecule has 0 amide bonds. The van der Waals surface area contributed by atoms with Crippen molar-refractivity contribution < 1.29 is 31.1 Å². The van der Waals surface area contributed by atoms with Crippen molar-refractivity contribution in [2.24, 2.45) is 0 Å². The van der Waals surface area contributed by atoms with Crippen LogP contribution in [0.1, 0.15) is 33.6 Å². The van der Waals surface area contributed by atoms with Gasteiger partial charge in [0.25, 0.3) is 0 Å². The van der Waals surface area contributed by atoms with Crippen molar-refractivity contribution in [3.8, 4) is 0 Å². The third-order valence-corrected chi connectivity index (χ3v) is 2.26. The maximum absolute atomic E-state index is 13.2. The van der Waals surface area contributed by atoms with Crippen LogP contribution >= 0.6 is 0 Å². The zero-order chi connectivity index (χ0) is 13.2. The summed E-state index contributed by atoms with van der Waals surface area (Å²) in [6.45, 7) is 2.50. The predicted molar refractivity (Wildman–Crippen MR) is 46.0 cm³/mol. The Balaban J connectivity index is 4.83. The maximum atomic E-state index is 13.2.